The SMILES string of the molecule is CS(=O)(=O)c1ccc(C(=O)O)cc1.O=C1C(CCS(=O)c2ccccc2)C(=O)N(c2ccccc2)N1c1ccccc1. The van der Waals surface area contributed by atoms with Crippen molar-refractivity contribution in [2.45, 2.75) is 16.2 Å². The summed E-state index contributed by atoms with van der Waals surface area (Å²) >= 11 is 0. The van der Waals surface area contributed by atoms with Gasteiger partial charge in [0.15, 0.2) is 9.84 Å². The summed E-state index contributed by atoms with van der Waals surface area (Å²) in [5.41, 5.74) is 1.33. The van der Waals surface area contributed by atoms with Gasteiger partial charge >= 0.3 is 5.97 Å². The van der Waals surface area contributed by atoms with E-state index in [1.54, 1.807) is 36.4 Å². The molecular weight excluding hydrogens is 576 g/mol. The average molecular weight is 605 g/mol. The minimum atomic E-state index is -3.24. The van der Waals surface area contributed by atoms with Gasteiger partial charge < -0.3 is 5.11 Å². The van der Waals surface area contributed by atoms with Crippen LogP contribution in [0.3, 0.4) is 0 Å². The van der Waals surface area contributed by atoms with Crippen molar-refractivity contribution in [2.24, 2.45) is 5.92 Å². The molecule has 1 aliphatic heterocycles. The molecule has 1 atom stereocenters. The highest BCUT2D eigenvalue weighted by molar-refractivity contribution is 7.90. The van der Waals surface area contributed by atoms with Crippen LogP contribution in [0, 0.1) is 5.92 Å². The van der Waals surface area contributed by atoms with Gasteiger partial charge in [0.05, 0.1) is 32.6 Å². The monoisotopic (exact) mass is 604 g/mol. The number of hydrogen-bond donors (Lipinski definition) is 1. The number of aromatic carboxylic acids is 1. The highest BCUT2D eigenvalue weighted by Crippen LogP contribution is 2.33. The van der Waals surface area contributed by atoms with Crippen molar-refractivity contribution in [3.8, 4) is 0 Å². The van der Waals surface area contributed by atoms with E-state index in [4.69, 9.17) is 5.11 Å². The van der Waals surface area contributed by atoms with Crippen LogP contribution in [0.5, 0.6) is 0 Å². The van der Waals surface area contributed by atoms with E-state index in [0.29, 0.717) is 16.3 Å². The zero-order valence-corrected chi connectivity index (χ0v) is 24.2. The number of amides is 2. The lowest BCUT2D eigenvalue weighted by Crippen LogP contribution is -2.41. The lowest BCUT2D eigenvalue weighted by molar-refractivity contribution is -0.127. The predicted octanol–water partition coefficient (Wildman–Crippen LogP) is 4.58. The molecule has 9 nitrogen and oxygen atoms in total. The number of carboxylic acid groups (broad SMARTS) is 1. The Morgan fingerprint density at radius 2 is 1.17 bits per heavy atom. The first-order valence-electron chi connectivity index (χ1n) is 12.8. The molecule has 0 spiro atoms. The van der Waals surface area contributed by atoms with Crippen LogP contribution in [-0.4, -0.2) is 47.5 Å². The van der Waals surface area contributed by atoms with Gasteiger partial charge in [0.2, 0.25) is 0 Å². The number of carboxylic acids is 1. The maximum atomic E-state index is 13.2. The lowest BCUT2D eigenvalue weighted by atomic mass is 10.1. The molecule has 5 rings (SSSR count). The molecule has 0 saturated carbocycles. The van der Waals surface area contributed by atoms with Gasteiger partial charge in [-0.25, -0.2) is 23.2 Å². The van der Waals surface area contributed by atoms with Crippen LogP contribution in [0.15, 0.2) is 125 Å². The van der Waals surface area contributed by atoms with E-state index in [2.05, 4.69) is 0 Å². The Balaban J connectivity index is 0.000000262. The number of carbonyl (C=O) groups excluding carboxylic acids is 2. The van der Waals surface area contributed by atoms with Crippen LogP contribution in [0.1, 0.15) is 16.8 Å². The Morgan fingerprint density at radius 3 is 1.57 bits per heavy atom. The molecule has 0 aliphatic carbocycles. The first-order chi connectivity index (χ1) is 20.1. The van der Waals surface area contributed by atoms with Crippen LogP contribution in [0.4, 0.5) is 11.4 Å². The van der Waals surface area contributed by atoms with Crippen LogP contribution in [0.25, 0.3) is 0 Å². The highest BCUT2D eigenvalue weighted by Gasteiger charge is 2.46. The largest absolute Gasteiger partial charge is 0.478 e. The van der Waals surface area contributed by atoms with Gasteiger partial charge in [-0.05, 0) is 67.1 Å². The number of hydrazine groups is 1. The Kier molecular flexibility index (Phi) is 9.66. The zero-order chi connectivity index (χ0) is 30.3. The second kappa shape index (κ2) is 13.4. The fraction of sp³-hybridized carbons (Fsp3) is 0.129. The number of rotatable bonds is 8. The van der Waals surface area contributed by atoms with Crippen molar-refractivity contribution in [1.82, 2.24) is 0 Å². The van der Waals surface area contributed by atoms with Crippen LogP contribution < -0.4 is 10.0 Å². The first-order valence-corrected chi connectivity index (χ1v) is 16.0. The van der Waals surface area contributed by atoms with Crippen molar-refractivity contribution >= 4 is 49.8 Å². The summed E-state index contributed by atoms with van der Waals surface area (Å²) < 4.78 is 34.5. The second-order valence-corrected chi connectivity index (χ2v) is 12.9. The predicted molar refractivity (Wildman–Crippen MR) is 160 cm³/mol. The minimum absolute atomic E-state index is 0.0763. The maximum Gasteiger partial charge on any atom is 0.335 e. The smallest absolute Gasteiger partial charge is 0.335 e. The van der Waals surface area contributed by atoms with Crippen LogP contribution >= 0.6 is 0 Å². The number of benzene rings is 4. The third kappa shape index (κ3) is 7.17. The maximum absolute atomic E-state index is 13.2. The van der Waals surface area contributed by atoms with Gasteiger partial charge in [-0.3, -0.25) is 13.8 Å². The Hall–Kier alpha value is -4.61. The van der Waals surface area contributed by atoms with E-state index < -0.39 is 32.5 Å². The van der Waals surface area contributed by atoms with Crippen molar-refractivity contribution in [3.63, 3.8) is 0 Å². The minimum Gasteiger partial charge on any atom is -0.478 e. The summed E-state index contributed by atoms with van der Waals surface area (Å²) in [6, 6.07) is 32.4. The zero-order valence-electron chi connectivity index (χ0n) is 22.6. The molecule has 11 heteroatoms. The number of hydrogen-bond acceptors (Lipinski definition) is 6. The van der Waals surface area contributed by atoms with Gasteiger partial charge in [0, 0.05) is 16.9 Å². The molecule has 216 valence electrons. The quantitative estimate of drug-likeness (QED) is 0.292. The Labute approximate surface area is 246 Å². The number of carbonyl (C=O) groups is 3. The van der Waals surface area contributed by atoms with Gasteiger partial charge in [-0.2, -0.15) is 0 Å². The fourth-order valence-corrected chi connectivity index (χ4v) is 6.01. The third-order valence-corrected chi connectivity index (χ3v) is 8.88. The molecule has 0 radical (unpaired) electrons. The summed E-state index contributed by atoms with van der Waals surface area (Å²) in [7, 11) is -4.50. The van der Waals surface area contributed by atoms with Gasteiger partial charge in [-0.15, -0.1) is 0 Å². The highest BCUT2D eigenvalue weighted by atomic mass is 32.2. The van der Waals surface area contributed by atoms with Crippen molar-refractivity contribution in [2.75, 3.05) is 22.0 Å². The number of anilines is 2. The molecule has 2 amide bonds. The van der Waals surface area contributed by atoms with E-state index in [1.807, 2.05) is 54.6 Å². The number of sulfone groups is 1. The van der Waals surface area contributed by atoms with Crippen molar-refractivity contribution in [1.29, 1.82) is 0 Å². The van der Waals surface area contributed by atoms with E-state index in [9.17, 15) is 27.0 Å². The summed E-state index contributed by atoms with van der Waals surface area (Å²) in [6.45, 7) is 0. The first kappa shape index (κ1) is 30.4. The van der Waals surface area contributed by atoms with E-state index >= 15 is 0 Å². The van der Waals surface area contributed by atoms with E-state index in [1.165, 1.54) is 34.3 Å². The van der Waals surface area contributed by atoms with Gasteiger partial charge in [-0.1, -0.05) is 54.6 Å². The molecule has 1 heterocycles. The molecule has 0 aromatic heterocycles. The van der Waals surface area contributed by atoms with Gasteiger partial charge in [0.1, 0.15) is 5.92 Å². The van der Waals surface area contributed by atoms with Crippen molar-refractivity contribution < 1.29 is 32.1 Å². The van der Waals surface area contributed by atoms with E-state index in [0.717, 1.165) is 6.26 Å². The summed E-state index contributed by atoms with van der Waals surface area (Å²) in [5, 5.41) is 11.4. The summed E-state index contributed by atoms with van der Waals surface area (Å²) in [5.74, 6) is -2.27. The molecule has 1 unspecified atom stereocenters. The molecule has 1 saturated heterocycles. The molecule has 42 heavy (non-hydrogen) atoms. The molecule has 4 aromatic rings. The Bertz CT molecular complexity index is 1620. The molecular formula is C31H28N2O7S2. The van der Waals surface area contributed by atoms with E-state index in [-0.39, 0.29) is 34.4 Å². The standard InChI is InChI=1S/C23H20N2O3S.C8H8O4S/c26-22-21(16-17-29(28)20-14-8-3-9-15-20)23(27)25(19-12-6-2-7-13-19)24(22)18-10-4-1-5-11-18;1-13(11,12)7-4-2-6(3-5-7)8(9)10/h1-15,21H,16-17H2;2-5H,1H3,(H,9,10). The topological polar surface area (TPSA) is 129 Å². The summed E-state index contributed by atoms with van der Waals surface area (Å²) in [6.07, 6.45) is 1.30. The number of nitrogens with zero attached hydrogens (tertiary/aromatic N) is 2. The molecule has 4 aromatic carbocycles. The van der Waals surface area contributed by atoms with Crippen LogP contribution in [0.2, 0.25) is 0 Å². The molecule has 1 aliphatic rings. The molecule has 1 N–H and O–H groups in total. The summed E-state index contributed by atoms with van der Waals surface area (Å²) in [4.78, 5) is 37.7. The molecule has 0 bridgehead atoms. The Morgan fingerprint density at radius 1 is 0.738 bits per heavy atom. The van der Waals surface area contributed by atoms with Gasteiger partial charge in [0.25, 0.3) is 11.8 Å². The molecule has 1 fully saturated rings. The lowest BCUT2D eigenvalue weighted by Gasteiger charge is -2.27. The third-order valence-electron chi connectivity index (χ3n) is 6.34. The normalized spacial score (nSPS) is 14.3. The number of para-hydroxylation sites is 2. The average Bonchev–Trinajstić information content (AvgIpc) is 3.26. The second-order valence-electron chi connectivity index (χ2n) is 9.28. The fourth-order valence-electron chi connectivity index (χ4n) is 4.23. The van der Waals surface area contributed by atoms with Crippen LogP contribution in [-0.2, 0) is 30.2 Å². The van der Waals surface area contributed by atoms with Crippen molar-refractivity contribution in [3.05, 3.63) is 121 Å².